The van der Waals surface area contributed by atoms with Gasteiger partial charge in [-0.25, -0.2) is 9.97 Å². The van der Waals surface area contributed by atoms with Crippen molar-refractivity contribution in [2.45, 2.75) is 12.8 Å². The first kappa shape index (κ1) is 26.7. The van der Waals surface area contributed by atoms with Crippen molar-refractivity contribution in [1.82, 2.24) is 15.3 Å². The zero-order valence-corrected chi connectivity index (χ0v) is 25.3. The van der Waals surface area contributed by atoms with Gasteiger partial charge in [-0.15, -0.1) is 0 Å². The summed E-state index contributed by atoms with van der Waals surface area (Å²) in [5, 5.41) is 3.29. The van der Waals surface area contributed by atoms with Crippen LogP contribution in [0.4, 0.5) is 0 Å². The van der Waals surface area contributed by atoms with Gasteiger partial charge in [0.2, 0.25) is 11.8 Å². The molecule has 7 nitrogen and oxygen atoms in total. The van der Waals surface area contributed by atoms with E-state index < -0.39 is 0 Å². The summed E-state index contributed by atoms with van der Waals surface area (Å²) in [7, 11) is 3.29. The zero-order chi connectivity index (χ0) is 27.6. The van der Waals surface area contributed by atoms with Crippen molar-refractivity contribution in [2.75, 3.05) is 33.9 Å². The molecule has 1 N–H and O–H groups in total. The fraction of sp³-hybridized carbons (Fsp3) is 0.226. The molecule has 40 heavy (non-hydrogen) atoms. The van der Waals surface area contributed by atoms with Gasteiger partial charge in [-0.2, -0.15) is 0 Å². The zero-order valence-electron chi connectivity index (χ0n) is 22.2. The van der Waals surface area contributed by atoms with Gasteiger partial charge in [0.05, 0.1) is 43.3 Å². The molecule has 0 radical (unpaired) electrons. The number of pyridine rings is 2. The summed E-state index contributed by atoms with van der Waals surface area (Å²) in [6, 6.07) is 20.5. The number of aliphatic imine (C=N–C) groups is 2. The number of nitrogens with one attached hydrogen (secondary N) is 1. The summed E-state index contributed by atoms with van der Waals surface area (Å²) in [4.78, 5) is 18.8. The highest BCUT2D eigenvalue weighted by molar-refractivity contribution is 9.11. The van der Waals surface area contributed by atoms with E-state index in [1.165, 1.54) is 0 Å². The number of aromatic nitrogens is 2. The number of benzene rings is 2. The van der Waals surface area contributed by atoms with Crippen molar-refractivity contribution in [3.05, 3.63) is 80.7 Å². The summed E-state index contributed by atoms with van der Waals surface area (Å²) in [5.41, 5.74) is 8.52. The van der Waals surface area contributed by atoms with Crippen LogP contribution in [0.5, 0.6) is 11.8 Å². The monoisotopic (exact) mass is 659 g/mol. The minimum Gasteiger partial charge on any atom is -0.480 e. The molecule has 2 aliphatic heterocycles. The summed E-state index contributed by atoms with van der Waals surface area (Å²) >= 11 is 7.77. The molecule has 2 aromatic heterocycles. The van der Waals surface area contributed by atoms with Gasteiger partial charge in [-0.1, -0.05) is 36.4 Å². The van der Waals surface area contributed by atoms with Gasteiger partial charge in [0, 0.05) is 38.9 Å². The largest absolute Gasteiger partial charge is 0.480 e. The molecule has 9 heteroatoms. The highest BCUT2D eigenvalue weighted by Gasteiger charge is 2.20. The van der Waals surface area contributed by atoms with E-state index >= 15 is 0 Å². The number of ether oxygens (including phenoxy) is 2. The fourth-order valence-corrected chi connectivity index (χ4v) is 6.47. The minimum absolute atomic E-state index is 0.540. The average Bonchev–Trinajstić information content (AvgIpc) is 3.72. The van der Waals surface area contributed by atoms with E-state index in [0.29, 0.717) is 11.8 Å². The third kappa shape index (κ3) is 4.92. The molecular weight excluding hydrogens is 634 g/mol. The average molecular weight is 661 g/mol. The summed E-state index contributed by atoms with van der Waals surface area (Å²) in [6.45, 7) is 2.44. The molecular formula is C31H27Br2N5O2. The Morgan fingerprint density at radius 3 is 1.75 bits per heavy atom. The van der Waals surface area contributed by atoms with Gasteiger partial charge < -0.3 is 14.8 Å². The first-order valence-electron chi connectivity index (χ1n) is 13.1. The topological polar surface area (TPSA) is 81.0 Å². The quantitative estimate of drug-likeness (QED) is 0.232. The third-order valence-electron chi connectivity index (χ3n) is 7.06. The van der Waals surface area contributed by atoms with Crippen molar-refractivity contribution >= 4 is 43.4 Å². The second kappa shape index (κ2) is 11.5. The molecule has 2 aliphatic rings. The normalized spacial score (nSPS) is 14.5. The molecule has 202 valence electrons. The van der Waals surface area contributed by atoms with Crippen LogP contribution in [0, 0.1) is 0 Å². The lowest BCUT2D eigenvalue weighted by Gasteiger charge is -2.16. The lowest BCUT2D eigenvalue weighted by atomic mass is 9.98. The van der Waals surface area contributed by atoms with Crippen molar-refractivity contribution in [2.24, 2.45) is 9.98 Å². The van der Waals surface area contributed by atoms with Gasteiger partial charge >= 0.3 is 0 Å². The van der Waals surface area contributed by atoms with Crippen molar-refractivity contribution in [3.8, 4) is 45.4 Å². The second-order valence-electron chi connectivity index (χ2n) is 9.43. The molecule has 6 rings (SSSR count). The molecule has 0 fully saturated rings. The van der Waals surface area contributed by atoms with Crippen LogP contribution in [0.25, 0.3) is 33.6 Å². The number of halogens is 2. The molecule has 0 amide bonds. The summed E-state index contributed by atoms with van der Waals surface area (Å²) < 4.78 is 13.2. The smallest absolute Gasteiger partial charge is 0.224 e. The molecule has 2 aromatic carbocycles. The molecule has 0 saturated carbocycles. The first-order chi connectivity index (χ1) is 19.6. The lowest BCUT2D eigenvalue weighted by Crippen LogP contribution is -2.20. The van der Waals surface area contributed by atoms with E-state index in [-0.39, 0.29) is 0 Å². The van der Waals surface area contributed by atoms with Crippen molar-refractivity contribution in [3.63, 3.8) is 0 Å². The Morgan fingerprint density at radius 2 is 1.23 bits per heavy atom. The van der Waals surface area contributed by atoms with Gasteiger partial charge in [0.1, 0.15) is 5.84 Å². The molecule has 0 aliphatic carbocycles. The molecule has 0 bridgehead atoms. The lowest BCUT2D eigenvalue weighted by molar-refractivity contribution is 0.397. The number of nitrogens with zero attached hydrogens (tertiary/aromatic N) is 4. The van der Waals surface area contributed by atoms with Crippen molar-refractivity contribution in [1.29, 1.82) is 0 Å². The Labute approximate surface area is 250 Å². The van der Waals surface area contributed by atoms with E-state index in [2.05, 4.69) is 77.5 Å². The molecule has 4 aromatic rings. The summed E-state index contributed by atoms with van der Waals surface area (Å²) in [6.07, 6.45) is 2.02. The predicted molar refractivity (Wildman–Crippen MR) is 167 cm³/mol. The Bertz CT molecular complexity index is 1550. The van der Waals surface area contributed by atoms with Gasteiger partial charge in [0.25, 0.3) is 0 Å². The molecule has 0 atom stereocenters. The van der Waals surface area contributed by atoms with Crippen LogP contribution in [0.1, 0.15) is 24.0 Å². The second-order valence-corrected chi connectivity index (χ2v) is 11.0. The minimum atomic E-state index is 0.540. The van der Waals surface area contributed by atoms with Crippen LogP contribution in [-0.2, 0) is 0 Å². The first-order valence-corrected chi connectivity index (χ1v) is 14.7. The Hall–Kier alpha value is -3.56. The van der Waals surface area contributed by atoms with Crippen LogP contribution in [0.15, 0.2) is 79.6 Å². The van der Waals surface area contributed by atoms with E-state index in [0.717, 1.165) is 97.7 Å². The standard InChI is InChI=1S/C31H27Br2N5O2/c1-39-30-22(24-10-5-15-34-24)11-13-25(37-30)20-8-3-6-18(27(20)32)19-7-4-9-21(28(19)33)26-14-12-23(31(38-26)40-2)29-35-16-17-36-29/h3-4,6-9,11-14H,5,10,15-17H2,1-2H3,(H,35,36). The number of amidine groups is 1. The predicted octanol–water partition coefficient (Wildman–Crippen LogP) is 6.95. The highest BCUT2D eigenvalue weighted by atomic mass is 79.9. The molecule has 0 unspecified atom stereocenters. The molecule has 0 saturated heterocycles. The Kier molecular flexibility index (Phi) is 7.67. The van der Waals surface area contributed by atoms with Crippen LogP contribution < -0.4 is 14.8 Å². The van der Waals surface area contributed by atoms with Crippen LogP contribution >= 0.6 is 31.9 Å². The highest BCUT2D eigenvalue weighted by Crippen LogP contribution is 2.42. The maximum Gasteiger partial charge on any atom is 0.224 e. The fourth-order valence-electron chi connectivity index (χ4n) is 5.11. The number of methoxy groups -OCH3 is 2. The van der Waals surface area contributed by atoms with Gasteiger partial charge in [0.15, 0.2) is 0 Å². The van der Waals surface area contributed by atoms with E-state index in [4.69, 9.17) is 19.4 Å². The van der Waals surface area contributed by atoms with E-state index in [1.807, 2.05) is 30.3 Å². The van der Waals surface area contributed by atoms with Crippen molar-refractivity contribution < 1.29 is 9.47 Å². The van der Waals surface area contributed by atoms with E-state index in [1.54, 1.807) is 14.2 Å². The van der Waals surface area contributed by atoms with Gasteiger partial charge in [-0.3, -0.25) is 9.98 Å². The third-order valence-corrected chi connectivity index (χ3v) is 8.77. The number of rotatable bonds is 7. The number of hydrogen-bond acceptors (Lipinski definition) is 7. The number of hydrogen-bond donors (Lipinski definition) is 1. The SMILES string of the molecule is COc1nc(-c2cccc(-c3cccc(-c4ccc(C5=NCCN5)c(OC)n4)c3Br)c2Br)ccc1C1=NCCC1. The van der Waals surface area contributed by atoms with E-state index in [9.17, 15) is 0 Å². The van der Waals surface area contributed by atoms with Gasteiger partial charge in [-0.05, 0) is 80.1 Å². The Morgan fingerprint density at radius 1 is 0.650 bits per heavy atom. The van der Waals surface area contributed by atoms with Crippen LogP contribution in [0.2, 0.25) is 0 Å². The van der Waals surface area contributed by atoms with Crippen LogP contribution in [-0.4, -0.2) is 55.4 Å². The molecule has 4 heterocycles. The summed E-state index contributed by atoms with van der Waals surface area (Å²) in [5.74, 6) is 1.96. The maximum absolute atomic E-state index is 5.67. The maximum atomic E-state index is 5.67. The molecule has 0 spiro atoms. The van der Waals surface area contributed by atoms with Crippen LogP contribution in [0.3, 0.4) is 0 Å². The Balaban J connectivity index is 1.39.